The van der Waals surface area contributed by atoms with E-state index < -0.39 is 115 Å². The van der Waals surface area contributed by atoms with Crippen molar-refractivity contribution < 1.29 is 83.9 Å². The fourth-order valence-electron chi connectivity index (χ4n) is 5.89. The van der Waals surface area contributed by atoms with Crippen LogP contribution in [0.15, 0.2) is 45.6 Å². The van der Waals surface area contributed by atoms with E-state index in [2.05, 4.69) is 0 Å². The minimum atomic E-state index is -1.80. The van der Waals surface area contributed by atoms with Crippen LogP contribution in [0.3, 0.4) is 0 Å². The van der Waals surface area contributed by atoms with Crippen molar-refractivity contribution in [3.8, 4) is 34.3 Å². The Balaban J connectivity index is 1.40. The molecule has 0 amide bonds. The molecule has 14 atom stereocenters. The largest absolute Gasteiger partial charge is 0.508 e. The molecule has 3 saturated heterocycles. The van der Waals surface area contributed by atoms with E-state index in [0.717, 1.165) is 6.07 Å². The number of ether oxygens (including phenoxy) is 6. The lowest BCUT2D eigenvalue weighted by atomic mass is 9.99. The fourth-order valence-corrected chi connectivity index (χ4v) is 5.89. The highest BCUT2D eigenvalue weighted by molar-refractivity contribution is 5.88. The number of rotatable bonds is 7. The number of aliphatic hydroxyl groups excluding tert-OH is 8. The molecular formula is C32H38O18. The Morgan fingerprint density at radius 1 is 0.700 bits per heavy atom. The number of phenols is 2. The van der Waals surface area contributed by atoms with Crippen molar-refractivity contribution in [2.75, 3.05) is 6.61 Å². The van der Waals surface area contributed by atoms with Gasteiger partial charge in [0.1, 0.15) is 77.0 Å². The molecule has 18 nitrogen and oxygen atoms in total. The quantitative estimate of drug-likeness (QED) is 0.124. The van der Waals surface area contributed by atoms with Gasteiger partial charge in [-0.3, -0.25) is 4.79 Å². The van der Waals surface area contributed by atoms with Gasteiger partial charge >= 0.3 is 0 Å². The molecule has 2 aromatic carbocycles. The lowest BCUT2D eigenvalue weighted by Crippen LogP contribution is -2.62. The first-order valence-electron chi connectivity index (χ1n) is 15.6. The fraction of sp³-hybridized carbons (Fsp3) is 0.531. The predicted molar refractivity (Wildman–Crippen MR) is 164 cm³/mol. The van der Waals surface area contributed by atoms with Crippen LogP contribution in [0.25, 0.3) is 22.3 Å². The number of hydrogen-bond acceptors (Lipinski definition) is 18. The summed E-state index contributed by atoms with van der Waals surface area (Å²) in [6.07, 6.45) is -21.5. The molecule has 18 heteroatoms. The van der Waals surface area contributed by atoms with Gasteiger partial charge in [0.15, 0.2) is 18.2 Å². The summed E-state index contributed by atoms with van der Waals surface area (Å²) in [6, 6.07) is 7.53. The van der Waals surface area contributed by atoms with Crippen LogP contribution in [-0.4, -0.2) is 144 Å². The van der Waals surface area contributed by atoms with Gasteiger partial charge in [-0.05, 0) is 38.1 Å². The third-order valence-electron chi connectivity index (χ3n) is 8.86. The van der Waals surface area contributed by atoms with Crippen LogP contribution >= 0.6 is 0 Å². The van der Waals surface area contributed by atoms with Crippen molar-refractivity contribution in [1.82, 2.24) is 0 Å². The first-order chi connectivity index (χ1) is 23.7. The number of aromatic hydroxyl groups is 2. The summed E-state index contributed by atoms with van der Waals surface area (Å²) >= 11 is 0. The average Bonchev–Trinajstić information content (AvgIpc) is 3.08. The summed E-state index contributed by atoms with van der Waals surface area (Å²) in [5.74, 6) is -1.84. The summed E-state index contributed by atoms with van der Waals surface area (Å²) < 4.78 is 40.0. The van der Waals surface area contributed by atoms with Gasteiger partial charge in [-0.2, -0.15) is 0 Å². The topological polar surface area (TPSA) is 288 Å². The molecule has 0 aliphatic carbocycles. The Kier molecular flexibility index (Phi) is 10.3. The van der Waals surface area contributed by atoms with E-state index in [-0.39, 0.29) is 28.4 Å². The summed E-state index contributed by atoms with van der Waals surface area (Å²) in [6.45, 7) is 2.40. The third-order valence-corrected chi connectivity index (χ3v) is 8.86. The maximum Gasteiger partial charge on any atom is 0.239 e. The zero-order valence-corrected chi connectivity index (χ0v) is 26.5. The zero-order chi connectivity index (χ0) is 36.2. The van der Waals surface area contributed by atoms with Crippen LogP contribution in [0.1, 0.15) is 13.8 Å². The third kappa shape index (κ3) is 6.73. The van der Waals surface area contributed by atoms with Gasteiger partial charge in [-0.25, -0.2) is 0 Å². The monoisotopic (exact) mass is 710 g/mol. The van der Waals surface area contributed by atoms with Gasteiger partial charge < -0.3 is 83.9 Å². The second-order valence-electron chi connectivity index (χ2n) is 12.4. The minimum absolute atomic E-state index is 0.131. The molecule has 10 N–H and O–H groups in total. The molecular weight excluding hydrogens is 672 g/mol. The molecule has 1 aromatic heterocycles. The normalized spacial score (nSPS) is 37.8. The number of fused-ring (bicyclic) bond motifs is 1. The lowest BCUT2D eigenvalue weighted by molar-refractivity contribution is -0.341. The maximum absolute atomic E-state index is 14.1. The van der Waals surface area contributed by atoms with Crippen molar-refractivity contribution in [2.24, 2.45) is 0 Å². The minimum Gasteiger partial charge on any atom is -0.508 e. The van der Waals surface area contributed by atoms with Gasteiger partial charge in [-0.1, -0.05) is 0 Å². The van der Waals surface area contributed by atoms with E-state index >= 15 is 0 Å². The SMILES string of the molecule is C[C@@H]1O[C@@H](Oc2c(-c3ccc(O)cc3)oc3cc(O[C@@H]4O[C@@H](C)[C@H](O)C(O)C4O)cc(O)c3c2=O)[C@H](OC2OC[C@@H](O)[C@H](O)[C@H]2O)[C@H](O)[C@H]1O. The molecule has 274 valence electrons. The van der Waals surface area contributed by atoms with Gasteiger partial charge in [0.05, 0.1) is 18.8 Å². The van der Waals surface area contributed by atoms with Gasteiger partial charge in [-0.15, -0.1) is 0 Å². The van der Waals surface area contributed by atoms with E-state index in [0.29, 0.717) is 0 Å². The Bertz CT molecular complexity index is 1710. The van der Waals surface area contributed by atoms with Crippen molar-refractivity contribution in [3.05, 3.63) is 46.6 Å². The Morgan fingerprint density at radius 2 is 1.32 bits per heavy atom. The Labute approximate surface area is 282 Å². The second-order valence-corrected chi connectivity index (χ2v) is 12.4. The van der Waals surface area contributed by atoms with Crippen molar-refractivity contribution in [3.63, 3.8) is 0 Å². The molecule has 3 fully saturated rings. The van der Waals surface area contributed by atoms with E-state index in [4.69, 9.17) is 32.8 Å². The summed E-state index contributed by atoms with van der Waals surface area (Å²) in [4.78, 5) is 14.1. The predicted octanol–water partition coefficient (Wildman–Crippen LogP) is -2.25. The standard InChI is InChI=1S/C32H38O18/c1-10-19(36)23(40)26(43)31(45-10)47-14-7-15(34)18-17(8-14)48-27(12-3-5-13(33)6-4-12)28(22(18)39)49-32-29(24(41)20(37)11(2)46-32)50-30-25(42)21(38)16(35)9-44-30/h3-8,10-11,16,19-21,23-26,29-38,40-43H,9H2,1-2H3/t10-,11-,16+,19-,20-,21-,23?,24+,25+,26?,29+,30?,31-,32-/m0/s1. The van der Waals surface area contributed by atoms with E-state index in [1.807, 2.05) is 0 Å². The van der Waals surface area contributed by atoms with E-state index in [1.54, 1.807) is 0 Å². The molecule has 3 unspecified atom stereocenters. The van der Waals surface area contributed by atoms with Gasteiger partial charge in [0.25, 0.3) is 0 Å². The first-order valence-corrected chi connectivity index (χ1v) is 15.6. The molecule has 6 rings (SSSR count). The zero-order valence-electron chi connectivity index (χ0n) is 26.5. The lowest BCUT2D eigenvalue weighted by Gasteiger charge is -2.44. The number of hydrogen-bond donors (Lipinski definition) is 10. The molecule has 0 radical (unpaired) electrons. The molecule has 0 spiro atoms. The van der Waals surface area contributed by atoms with Crippen LogP contribution in [0.4, 0.5) is 0 Å². The Morgan fingerprint density at radius 3 is 2.00 bits per heavy atom. The highest BCUT2D eigenvalue weighted by Gasteiger charge is 2.49. The second kappa shape index (κ2) is 14.2. The molecule has 3 aliphatic rings. The summed E-state index contributed by atoms with van der Waals surface area (Å²) in [5.41, 5.74) is -1.06. The molecule has 3 aromatic rings. The first kappa shape index (κ1) is 36.2. The highest BCUT2D eigenvalue weighted by atomic mass is 16.8. The molecule has 0 saturated carbocycles. The van der Waals surface area contributed by atoms with Crippen LogP contribution < -0.4 is 14.9 Å². The van der Waals surface area contributed by atoms with Crippen LogP contribution in [0.5, 0.6) is 23.0 Å². The Hall–Kier alpha value is -3.63. The van der Waals surface area contributed by atoms with E-state index in [9.17, 15) is 55.9 Å². The summed E-state index contributed by atoms with van der Waals surface area (Å²) in [7, 11) is 0. The average molecular weight is 711 g/mol. The maximum atomic E-state index is 14.1. The summed E-state index contributed by atoms with van der Waals surface area (Å²) in [5, 5.41) is 103. The van der Waals surface area contributed by atoms with Gasteiger partial charge in [0, 0.05) is 17.7 Å². The van der Waals surface area contributed by atoms with Gasteiger partial charge in [0.2, 0.25) is 23.8 Å². The molecule has 0 bridgehead atoms. The number of benzene rings is 2. The molecule has 4 heterocycles. The highest BCUT2D eigenvalue weighted by Crippen LogP contribution is 2.39. The number of phenolic OH excluding ortho intramolecular Hbond substituents is 2. The molecule has 3 aliphatic heterocycles. The van der Waals surface area contributed by atoms with Crippen molar-refractivity contribution >= 4 is 11.0 Å². The van der Waals surface area contributed by atoms with Crippen LogP contribution in [-0.2, 0) is 18.9 Å². The van der Waals surface area contributed by atoms with Crippen LogP contribution in [0, 0.1) is 0 Å². The van der Waals surface area contributed by atoms with Crippen molar-refractivity contribution in [2.45, 2.75) is 99.9 Å². The van der Waals surface area contributed by atoms with Crippen LogP contribution in [0.2, 0.25) is 0 Å². The van der Waals surface area contributed by atoms with Crippen molar-refractivity contribution in [1.29, 1.82) is 0 Å². The van der Waals surface area contributed by atoms with E-state index in [1.165, 1.54) is 44.2 Å². The number of aliphatic hydroxyl groups is 8. The smallest absolute Gasteiger partial charge is 0.239 e. The molecule has 50 heavy (non-hydrogen) atoms.